The SMILES string of the molecule is CCCS(=O)(=O)N1CCC(NC(=NC)NC2CC2c2cccc(Cl)c2)CC1.I. The van der Waals surface area contributed by atoms with Crippen LogP contribution in [0.25, 0.3) is 0 Å². The van der Waals surface area contributed by atoms with Crippen molar-refractivity contribution < 1.29 is 8.42 Å². The second kappa shape index (κ2) is 10.4. The van der Waals surface area contributed by atoms with Crippen LogP contribution in [-0.2, 0) is 10.0 Å². The van der Waals surface area contributed by atoms with E-state index in [1.807, 2.05) is 25.1 Å². The van der Waals surface area contributed by atoms with E-state index < -0.39 is 10.0 Å². The molecule has 0 amide bonds. The zero-order chi connectivity index (χ0) is 19.4. The predicted octanol–water partition coefficient (Wildman–Crippen LogP) is 3.18. The highest BCUT2D eigenvalue weighted by atomic mass is 127. The van der Waals surface area contributed by atoms with Gasteiger partial charge in [0.1, 0.15) is 0 Å². The largest absolute Gasteiger partial charge is 0.354 e. The van der Waals surface area contributed by atoms with E-state index in [1.54, 1.807) is 11.4 Å². The molecular weight excluding hydrogens is 511 g/mol. The molecular formula is C19H30ClIN4O2S. The van der Waals surface area contributed by atoms with Crippen molar-refractivity contribution in [2.75, 3.05) is 25.9 Å². The Labute approximate surface area is 190 Å². The molecule has 0 spiro atoms. The molecule has 0 radical (unpaired) electrons. The molecule has 2 unspecified atom stereocenters. The molecule has 2 atom stereocenters. The maximum atomic E-state index is 12.2. The Hall–Kier alpha value is -0.580. The van der Waals surface area contributed by atoms with Gasteiger partial charge in [0.05, 0.1) is 5.75 Å². The number of sulfonamides is 1. The molecule has 6 nitrogen and oxygen atoms in total. The van der Waals surface area contributed by atoms with E-state index in [0.29, 0.717) is 31.5 Å². The van der Waals surface area contributed by atoms with Crippen LogP contribution in [0.3, 0.4) is 0 Å². The molecule has 158 valence electrons. The molecule has 2 fully saturated rings. The van der Waals surface area contributed by atoms with Gasteiger partial charge in [0.2, 0.25) is 10.0 Å². The van der Waals surface area contributed by atoms with E-state index in [0.717, 1.165) is 30.2 Å². The third-order valence-electron chi connectivity index (χ3n) is 5.26. The van der Waals surface area contributed by atoms with Crippen molar-refractivity contribution in [1.29, 1.82) is 0 Å². The van der Waals surface area contributed by atoms with Gasteiger partial charge < -0.3 is 10.6 Å². The summed E-state index contributed by atoms with van der Waals surface area (Å²) in [5, 5.41) is 7.71. The highest BCUT2D eigenvalue weighted by molar-refractivity contribution is 14.0. The maximum absolute atomic E-state index is 12.2. The minimum atomic E-state index is -3.09. The summed E-state index contributed by atoms with van der Waals surface area (Å²) in [6.07, 6.45) is 3.32. The van der Waals surface area contributed by atoms with Gasteiger partial charge in [-0.25, -0.2) is 12.7 Å². The number of aliphatic imine (C=N–C) groups is 1. The van der Waals surface area contributed by atoms with Gasteiger partial charge in [-0.1, -0.05) is 30.7 Å². The van der Waals surface area contributed by atoms with Crippen molar-refractivity contribution in [3.8, 4) is 0 Å². The minimum absolute atomic E-state index is 0. The smallest absolute Gasteiger partial charge is 0.214 e. The van der Waals surface area contributed by atoms with Crippen LogP contribution in [-0.4, -0.2) is 56.7 Å². The second-order valence-corrected chi connectivity index (χ2v) is 9.88. The van der Waals surface area contributed by atoms with Crippen LogP contribution >= 0.6 is 35.6 Å². The molecule has 1 saturated carbocycles. The molecule has 1 aliphatic heterocycles. The molecule has 1 aromatic carbocycles. The molecule has 1 aromatic rings. The first-order valence-electron chi connectivity index (χ1n) is 9.66. The standard InChI is InChI=1S/C19H29ClN4O2S.HI/c1-3-11-27(25,26)24-9-7-16(8-10-24)22-19(21-2)23-18-13-17(18)14-5-4-6-15(20)12-14;/h4-6,12,16-18H,3,7-11,13H2,1-2H3,(H2,21,22,23);1H. The average Bonchev–Trinajstić information content (AvgIpc) is 3.41. The van der Waals surface area contributed by atoms with E-state index in [4.69, 9.17) is 11.6 Å². The molecule has 3 rings (SSSR count). The topological polar surface area (TPSA) is 73.8 Å². The van der Waals surface area contributed by atoms with Gasteiger partial charge >= 0.3 is 0 Å². The van der Waals surface area contributed by atoms with E-state index in [1.165, 1.54) is 5.56 Å². The molecule has 28 heavy (non-hydrogen) atoms. The first-order valence-corrected chi connectivity index (χ1v) is 11.6. The number of hydrogen-bond donors (Lipinski definition) is 2. The Kier molecular flexibility index (Phi) is 8.84. The first-order chi connectivity index (χ1) is 12.9. The summed E-state index contributed by atoms with van der Waals surface area (Å²) in [6, 6.07) is 8.62. The van der Waals surface area contributed by atoms with Gasteiger partial charge in [-0.3, -0.25) is 4.99 Å². The van der Waals surface area contributed by atoms with Gasteiger partial charge in [-0.15, -0.1) is 24.0 Å². The third kappa shape index (κ3) is 6.21. The zero-order valence-electron chi connectivity index (χ0n) is 16.4. The van der Waals surface area contributed by atoms with Crippen molar-refractivity contribution in [1.82, 2.24) is 14.9 Å². The van der Waals surface area contributed by atoms with E-state index in [-0.39, 0.29) is 35.8 Å². The Balaban J connectivity index is 0.00000280. The Morgan fingerprint density at radius 2 is 2.00 bits per heavy atom. The van der Waals surface area contributed by atoms with Gasteiger partial charge in [-0.2, -0.15) is 0 Å². The van der Waals surface area contributed by atoms with Gasteiger partial charge in [0, 0.05) is 43.2 Å². The van der Waals surface area contributed by atoms with Crippen LogP contribution in [0, 0.1) is 0 Å². The summed E-state index contributed by atoms with van der Waals surface area (Å²) >= 11 is 6.09. The summed E-state index contributed by atoms with van der Waals surface area (Å²) < 4.78 is 26.0. The van der Waals surface area contributed by atoms with Gasteiger partial charge in [0.15, 0.2) is 5.96 Å². The second-order valence-electron chi connectivity index (χ2n) is 7.35. The summed E-state index contributed by atoms with van der Waals surface area (Å²) in [6.45, 7) is 3.05. The number of nitrogens with one attached hydrogen (secondary N) is 2. The lowest BCUT2D eigenvalue weighted by Gasteiger charge is -2.32. The Morgan fingerprint density at radius 1 is 1.29 bits per heavy atom. The van der Waals surface area contributed by atoms with Crippen molar-refractivity contribution in [2.24, 2.45) is 4.99 Å². The van der Waals surface area contributed by atoms with Crippen LogP contribution in [0.15, 0.2) is 29.3 Å². The lowest BCUT2D eigenvalue weighted by Crippen LogP contribution is -2.50. The van der Waals surface area contributed by atoms with Crippen molar-refractivity contribution in [3.05, 3.63) is 34.9 Å². The predicted molar refractivity (Wildman–Crippen MR) is 126 cm³/mol. The third-order valence-corrected chi connectivity index (χ3v) is 7.57. The van der Waals surface area contributed by atoms with Crippen LogP contribution in [0.2, 0.25) is 5.02 Å². The van der Waals surface area contributed by atoms with E-state index in [2.05, 4.69) is 21.7 Å². The first kappa shape index (κ1) is 23.7. The maximum Gasteiger partial charge on any atom is 0.214 e. The monoisotopic (exact) mass is 540 g/mol. The van der Waals surface area contributed by atoms with Crippen LogP contribution in [0.4, 0.5) is 0 Å². The van der Waals surface area contributed by atoms with Gasteiger partial charge in [0.25, 0.3) is 0 Å². The number of guanidine groups is 1. The molecule has 1 saturated heterocycles. The van der Waals surface area contributed by atoms with Crippen molar-refractivity contribution in [3.63, 3.8) is 0 Å². The lowest BCUT2D eigenvalue weighted by atomic mass is 10.1. The van der Waals surface area contributed by atoms with E-state index in [9.17, 15) is 8.42 Å². The number of rotatable bonds is 6. The molecule has 2 aliphatic rings. The van der Waals surface area contributed by atoms with Crippen molar-refractivity contribution in [2.45, 2.75) is 50.6 Å². The number of piperidine rings is 1. The fourth-order valence-corrected chi connectivity index (χ4v) is 5.41. The summed E-state index contributed by atoms with van der Waals surface area (Å²) in [5.41, 5.74) is 1.25. The zero-order valence-corrected chi connectivity index (χ0v) is 20.3. The molecule has 0 aromatic heterocycles. The lowest BCUT2D eigenvalue weighted by molar-refractivity contribution is 0.306. The Morgan fingerprint density at radius 3 is 2.61 bits per heavy atom. The van der Waals surface area contributed by atoms with Crippen LogP contribution in [0.5, 0.6) is 0 Å². The summed E-state index contributed by atoms with van der Waals surface area (Å²) in [7, 11) is -1.32. The molecule has 0 bridgehead atoms. The number of nitrogens with zero attached hydrogens (tertiary/aromatic N) is 2. The number of halogens is 2. The van der Waals surface area contributed by atoms with Gasteiger partial charge in [-0.05, 0) is 43.4 Å². The minimum Gasteiger partial charge on any atom is -0.354 e. The Bertz CT molecular complexity index is 782. The fourth-order valence-electron chi connectivity index (χ4n) is 3.67. The number of hydrogen-bond acceptors (Lipinski definition) is 3. The normalized spacial score (nSPS) is 23.8. The number of benzene rings is 1. The highest BCUT2D eigenvalue weighted by Gasteiger charge is 2.39. The molecule has 1 heterocycles. The summed E-state index contributed by atoms with van der Waals surface area (Å²) in [5.74, 6) is 1.49. The average molecular weight is 541 g/mol. The molecule has 1 aliphatic carbocycles. The highest BCUT2D eigenvalue weighted by Crippen LogP contribution is 2.41. The fraction of sp³-hybridized carbons (Fsp3) is 0.632. The quantitative estimate of drug-likeness (QED) is 0.330. The van der Waals surface area contributed by atoms with E-state index >= 15 is 0 Å². The summed E-state index contributed by atoms with van der Waals surface area (Å²) in [4.78, 5) is 4.34. The van der Waals surface area contributed by atoms with Crippen LogP contribution in [0.1, 0.15) is 44.1 Å². The molecule has 2 N–H and O–H groups in total. The van der Waals surface area contributed by atoms with Crippen molar-refractivity contribution >= 4 is 51.6 Å². The molecule has 9 heteroatoms. The van der Waals surface area contributed by atoms with Crippen LogP contribution < -0.4 is 10.6 Å².